The summed E-state index contributed by atoms with van der Waals surface area (Å²) in [6, 6.07) is 11.5. The van der Waals surface area contributed by atoms with Crippen molar-refractivity contribution in [3.05, 3.63) is 54.6 Å². The zero-order chi connectivity index (χ0) is 14.9. The zero-order valence-electron chi connectivity index (χ0n) is 11.8. The highest BCUT2D eigenvalue weighted by Crippen LogP contribution is 2.39. The van der Waals surface area contributed by atoms with Gasteiger partial charge in [-0.25, -0.2) is 4.98 Å². The third-order valence-electron chi connectivity index (χ3n) is 3.43. The van der Waals surface area contributed by atoms with E-state index in [9.17, 15) is 0 Å². The molecule has 0 fully saturated rings. The predicted octanol–water partition coefficient (Wildman–Crippen LogP) is 3.25. The quantitative estimate of drug-likeness (QED) is 0.782. The molecule has 1 aromatic carbocycles. The summed E-state index contributed by atoms with van der Waals surface area (Å²) in [6.07, 6.45) is 2.69. The Morgan fingerprint density at radius 2 is 2.09 bits per heavy atom. The maximum absolute atomic E-state index is 5.97. The second kappa shape index (κ2) is 5.07. The summed E-state index contributed by atoms with van der Waals surface area (Å²) in [7, 11) is 1.54. The van der Waals surface area contributed by atoms with Gasteiger partial charge in [0.05, 0.1) is 19.6 Å². The van der Waals surface area contributed by atoms with Crippen molar-refractivity contribution in [1.82, 2.24) is 9.97 Å². The fourth-order valence-electron chi connectivity index (χ4n) is 2.39. The standard InChI is InChI=1S/C16H13N3O3/c1-20-13-9-17-14-10-5-2-3-6-11(10)18-15(22-16(14)19-13)12-7-4-8-21-12/h2-9,15,18H,1H3. The van der Waals surface area contributed by atoms with Gasteiger partial charge < -0.3 is 19.2 Å². The van der Waals surface area contributed by atoms with Crippen LogP contribution in [0.1, 0.15) is 12.0 Å². The number of rotatable bonds is 2. The van der Waals surface area contributed by atoms with Gasteiger partial charge in [-0.3, -0.25) is 0 Å². The van der Waals surface area contributed by atoms with Crippen molar-refractivity contribution in [2.75, 3.05) is 12.4 Å². The van der Waals surface area contributed by atoms with E-state index in [1.807, 2.05) is 36.4 Å². The SMILES string of the molecule is COc1cnc2c(n1)OC(c1ccco1)Nc1ccccc1-2. The summed E-state index contributed by atoms with van der Waals surface area (Å²) < 4.78 is 16.6. The van der Waals surface area contributed by atoms with Gasteiger partial charge in [0.2, 0.25) is 18.0 Å². The van der Waals surface area contributed by atoms with Crippen molar-refractivity contribution in [2.24, 2.45) is 0 Å². The van der Waals surface area contributed by atoms with E-state index in [0.717, 1.165) is 11.3 Å². The Morgan fingerprint density at radius 1 is 1.18 bits per heavy atom. The minimum atomic E-state index is -0.487. The fourth-order valence-corrected chi connectivity index (χ4v) is 2.39. The van der Waals surface area contributed by atoms with E-state index in [1.165, 1.54) is 0 Å². The molecule has 4 rings (SSSR count). The molecule has 22 heavy (non-hydrogen) atoms. The first-order chi connectivity index (χ1) is 10.8. The van der Waals surface area contributed by atoms with E-state index in [-0.39, 0.29) is 0 Å². The predicted molar refractivity (Wildman–Crippen MR) is 79.7 cm³/mol. The Balaban J connectivity index is 1.88. The average molecular weight is 295 g/mol. The monoisotopic (exact) mass is 295 g/mol. The molecule has 3 heterocycles. The molecule has 1 atom stereocenters. The molecule has 3 aromatic rings. The summed E-state index contributed by atoms with van der Waals surface area (Å²) >= 11 is 0. The molecule has 1 aliphatic heterocycles. The molecular weight excluding hydrogens is 282 g/mol. The number of hydrogen-bond donors (Lipinski definition) is 1. The molecule has 1 unspecified atom stereocenters. The van der Waals surface area contributed by atoms with Crippen molar-refractivity contribution >= 4 is 5.69 Å². The van der Waals surface area contributed by atoms with Crippen LogP contribution in [-0.2, 0) is 0 Å². The van der Waals surface area contributed by atoms with Crippen LogP contribution in [0.2, 0.25) is 0 Å². The third kappa shape index (κ3) is 2.05. The maximum atomic E-state index is 5.97. The molecule has 1 N–H and O–H groups in total. The number of nitrogens with one attached hydrogen (secondary N) is 1. The van der Waals surface area contributed by atoms with Crippen LogP contribution in [0.25, 0.3) is 11.3 Å². The van der Waals surface area contributed by atoms with Crippen molar-refractivity contribution < 1.29 is 13.9 Å². The molecule has 6 nitrogen and oxygen atoms in total. The number of fused-ring (bicyclic) bond motifs is 3. The molecule has 110 valence electrons. The van der Waals surface area contributed by atoms with Crippen LogP contribution < -0.4 is 14.8 Å². The number of ether oxygens (including phenoxy) is 2. The Hall–Kier alpha value is -3.02. The fraction of sp³-hybridized carbons (Fsp3) is 0.125. The number of anilines is 1. The van der Waals surface area contributed by atoms with Gasteiger partial charge >= 0.3 is 0 Å². The van der Waals surface area contributed by atoms with Gasteiger partial charge in [-0.1, -0.05) is 18.2 Å². The number of methoxy groups -OCH3 is 1. The second-order valence-electron chi connectivity index (χ2n) is 4.77. The largest absolute Gasteiger partial charge is 0.480 e. The highest BCUT2D eigenvalue weighted by atomic mass is 16.5. The number of nitrogens with zero attached hydrogens (tertiary/aromatic N) is 2. The number of furan rings is 1. The topological polar surface area (TPSA) is 69.4 Å². The number of aromatic nitrogens is 2. The Kier molecular flexibility index (Phi) is 2.93. The van der Waals surface area contributed by atoms with Crippen molar-refractivity contribution in [2.45, 2.75) is 6.23 Å². The molecule has 0 amide bonds. The summed E-state index contributed by atoms with van der Waals surface area (Å²) in [5.41, 5.74) is 2.49. The normalized spacial score (nSPS) is 15.8. The first-order valence-electron chi connectivity index (χ1n) is 6.82. The molecule has 0 saturated heterocycles. The van der Waals surface area contributed by atoms with Gasteiger partial charge in [0.25, 0.3) is 0 Å². The Labute approximate surface area is 126 Å². The lowest BCUT2D eigenvalue weighted by molar-refractivity contribution is 0.195. The highest BCUT2D eigenvalue weighted by Gasteiger charge is 2.26. The molecule has 2 aromatic heterocycles. The lowest BCUT2D eigenvalue weighted by atomic mass is 10.1. The van der Waals surface area contributed by atoms with E-state index >= 15 is 0 Å². The van der Waals surface area contributed by atoms with Gasteiger partial charge in [0.1, 0.15) is 5.69 Å². The van der Waals surface area contributed by atoms with Crippen molar-refractivity contribution in [3.8, 4) is 23.0 Å². The molecule has 0 bridgehead atoms. The number of benzene rings is 1. The highest BCUT2D eigenvalue weighted by molar-refractivity contribution is 5.79. The summed E-state index contributed by atoms with van der Waals surface area (Å²) in [5.74, 6) is 1.46. The maximum Gasteiger partial charge on any atom is 0.246 e. The van der Waals surface area contributed by atoms with Crippen molar-refractivity contribution in [1.29, 1.82) is 0 Å². The van der Waals surface area contributed by atoms with Crippen LogP contribution in [0.5, 0.6) is 11.8 Å². The zero-order valence-corrected chi connectivity index (χ0v) is 11.8. The summed E-state index contributed by atoms with van der Waals surface area (Å²) in [4.78, 5) is 8.79. The van der Waals surface area contributed by atoms with Crippen molar-refractivity contribution in [3.63, 3.8) is 0 Å². The smallest absolute Gasteiger partial charge is 0.246 e. The minimum absolute atomic E-state index is 0.399. The molecule has 0 aliphatic carbocycles. The van der Waals surface area contributed by atoms with Crippen LogP contribution in [0.4, 0.5) is 5.69 Å². The third-order valence-corrected chi connectivity index (χ3v) is 3.43. The number of hydrogen-bond acceptors (Lipinski definition) is 6. The van der Waals surface area contributed by atoms with Gasteiger partial charge in [-0.05, 0) is 18.2 Å². The average Bonchev–Trinajstić information content (AvgIpc) is 3.04. The van der Waals surface area contributed by atoms with E-state index in [0.29, 0.717) is 23.2 Å². The molecule has 6 heteroatoms. The molecular formula is C16H13N3O3. The van der Waals surface area contributed by atoms with Crippen LogP contribution in [0, 0.1) is 0 Å². The lowest BCUT2D eigenvalue weighted by Crippen LogP contribution is -2.16. The van der Waals surface area contributed by atoms with Gasteiger partial charge in [-0.15, -0.1) is 0 Å². The van der Waals surface area contributed by atoms with Crippen LogP contribution in [0.15, 0.2) is 53.3 Å². The molecule has 1 aliphatic rings. The molecule has 0 saturated carbocycles. The van der Waals surface area contributed by atoms with Crippen LogP contribution in [0.3, 0.4) is 0 Å². The minimum Gasteiger partial charge on any atom is -0.480 e. The van der Waals surface area contributed by atoms with E-state index < -0.39 is 6.23 Å². The first-order valence-corrected chi connectivity index (χ1v) is 6.82. The molecule has 0 radical (unpaired) electrons. The van der Waals surface area contributed by atoms with E-state index in [1.54, 1.807) is 19.6 Å². The van der Waals surface area contributed by atoms with Gasteiger partial charge in [0, 0.05) is 11.3 Å². The molecule has 0 spiro atoms. The van der Waals surface area contributed by atoms with E-state index in [4.69, 9.17) is 13.9 Å². The number of para-hydroxylation sites is 1. The van der Waals surface area contributed by atoms with Gasteiger partial charge in [0.15, 0.2) is 5.76 Å². The summed E-state index contributed by atoms with van der Waals surface area (Å²) in [5, 5.41) is 3.31. The Morgan fingerprint density at radius 3 is 2.91 bits per heavy atom. The van der Waals surface area contributed by atoms with Gasteiger partial charge in [-0.2, -0.15) is 4.98 Å². The van der Waals surface area contributed by atoms with Crippen LogP contribution >= 0.6 is 0 Å². The Bertz CT molecular complexity index is 802. The van der Waals surface area contributed by atoms with E-state index in [2.05, 4.69) is 15.3 Å². The van der Waals surface area contributed by atoms with Crippen LogP contribution in [-0.4, -0.2) is 17.1 Å². The first kappa shape index (κ1) is 12.7. The summed E-state index contributed by atoms with van der Waals surface area (Å²) in [6.45, 7) is 0. The second-order valence-corrected chi connectivity index (χ2v) is 4.77. The lowest BCUT2D eigenvalue weighted by Gasteiger charge is -2.16.